The zero-order valence-electron chi connectivity index (χ0n) is 23.3. The molecule has 222 valence electrons. The Balaban J connectivity index is 1.14. The van der Waals surface area contributed by atoms with Crippen LogP contribution in [0.25, 0.3) is 0 Å². The van der Waals surface area contributed by atoms with Crippen LogP contribution in [0, 0.1) is 36.5 Å². The third-order valence-electron chi connectivity index (χ3n) is 9.41. The maximum absolute atomic E-state index is 13.5. The van der Waals surface area contributed by atoms with Crippen LogP contribution in [0.4, 0.5) is 5.69 Å². The number of carboxylic acid groups (broad SMARTS) is 1. The number of imide groups is 1. The molecule has 3 fully saturated rings. The van der Waals surface area contributed by atoms with Crippen LogP contribution in [0.15, 0.2) is 58.4 Å². The molecule has 2 bridgehead atoms. The molecule has 1 aromatic heterocycles. The van der Waals surface area contributed by atoms with Gasteiger partial charge in [-0.05, 0) is 73.4 Å². The molecule has 43 heavy (non-hydrogen) atoms. The molecule has 3 heterocycles. The van der Waals surface area contributed by atoms with Crippen LogP contribution >= 0.6 is 23.1 Å². The summed E-state index contributed by atoms with van der Waals surface area (Å²) in [6.45, 7) is 3.17. The van der Waals surface area contributed by atoms with Gasteiger partial charge >= 0.3 is 10.8 Å². The molecule has 7 rings (SSSR count). The van der Waals surface area contributed by atoms with E-state index in [1.54, 1.807) is 23.9 Å². The van der Waals surface area contributed by atoms with Gasteiger partial charge in [0, 0.05) is 21.7 Å². The smallest absolute Gasteiger partial charge is 0.326 e. The second-order valence-electron chi connectivity index (χ2n) is 11.8. The molecular formula is C31H29N3O7S2. The van der Waals surface area contributed by atoms with Crippen molar-refractivity contribution in [3.05, 3.63) is 74.2 Å². The number of carbonyl (C=O) groups excluding carboxylic acids is 3. The standard InChI is InChI=1S/C31H29N3O7S2/c1-13-4-3-5-16(10-13)32-20(35)12-41-17-8-6-15(7-9-17)21-22-18-11-19(25(22)42-27-26(21)43-31(40)33-27)24-23(18)28(36)34(29(24)37)14(2)30(38)39/h3-10,14,18-19,21-25H,11-12H2,1-2H3,(H,32,35)(H,33,40)(H,38,39)/t14?,18?,19?,21-,22?,23?,24?,25?/m1/s1. The van der Waals surface area contributed by atoms with Crippen LogP contribution in [0.1, 0.15) is 35.3 Å². The Morgan fingerprint density at radius 3 is 2.51 bits per heavy atom. The van der Waals surface area contributed by atoms with Gasteiger partial charge in [-0.1, -0.05) is 35.6 Å². The number of aryl methyl sites for hydroxylation is 1. The van der Waals surface area contributed by atoms with Gasteiger partial charge in [-0.25, -0.2) is 4.79 Å². The lowest BCUT2D eigenvalue weighted by Crippen LogP contribution is -2.44. The number of anilines is 1. The summed E-state index contributed by atoms with van der Waals surface area (Å²) in [5, 5.41) is 13.2. The first-order chi connectivity index (χ1) is 20.6. The molecule has 8 atom stereocenters. The highest BCUT2D eigenvalue weighted by molar-refractivity contribution is 8.00. The molecular weight excluding hydrogens is 590 g/mol. The number of aliphatic carboxylic acids is 1. The average molecular weight is 620 g/mol. The summed E-state index contributed by atoms with van der Waals surface area (Å²) < 4.78 is 5.75. The summed E-state index contributed by atoms with van der Waals surface area (Å²) in [5.41, 5.74) is 2.70. The molecule has 7 unspecified atom stereocenters. The highest BCUT2D eigenvalue weighted by Gasteiger charge is 2.70. The van der Waals surface area contributed by atoms with Crippen LogP contribution in [0.2, 0.25) is 0 Å². The molecule has 3 amide bonds. The summed E-state index contributed by atoms with van der Waals surface area (Å²) in [6.07, 6.45) is 0.720. The van der Waals surface area contributed by atoms with Crippen LogP contribution in [-0.4, -0.2) is 56.6 Å². The number of H-pyrrole nitrogens is 1. The van der Waals surface area contributed by atoms with E-state index in [1.807, 2.05) is 43.3 Å². The Bertz CT molecular complexity index is 1720. The molecule has 0 spiro atoms. The number of hydrogen-bond donors (Lipinski definition) is 3. The number of thioether (sulfide) groups is 1. The minimum atomic E-state index is -1.21. The number of aromatic nitrogens is 1. The maximum atomic E-state index is 13.5. The zero-order chi connectivity index (χ0) is 30.2. The monoisotopic (exact) mass is 619 g/mol. The first-order valence-corrected chi connectivity index (χ1v) is 15.9. The van der Waals surface area contributed by atoms with Crippen molar-refractivity contribution in [2.45, 2.75) is 42.5 Å². The van der Waals surface area contributed by atoms with Gasteiger partial charge in [-0.3, -0.25) is 24.1 Å². The van der Waals surface area contributed by atoms with E-state index in [1.165, 1.54) is 18.3 Å². The van der Waals surface area contributed by atoms with Gasteiger partial charge in [-0.15, -0.1) is 11.8 Å². The third kappa shape index (κ3) is 4.50. The van der Waals surface area contributed by atoms with E-state index < -0.39 is 23.8 Å². The van der Waals surface area contributed by atoms with Crippen molar-refractivity contribution in [1.29, 1.82) is 0 Å². The lowest BCUT2D eigenvalue weighted by Gasteiger charge is -2.43. The van der Waals surface area contributed by atoms with E-state index in [0.717, 1.165) is 32.4 Å². The lowest BCUT2D eigenvalue weighted by molar-refractivity contribution is -0.154. The molecule has 12 heteroatoms. The number of nitrogens with zero attached hydrogens (tertiary/aromatic N) is 1. The molecule has 2 aliphatic heterocycles. The Hall–Kier alpha value is -3.90. The molecule has 2 saturated carbocycles. The fourth-order valence-corrected chi connectivity index (χ4v) is 10.6. The normalized spacial score (nSPS) is 29.2. The van der Waals surface area contributed by atoms with Gasteiger partial charge in [0.2, 0.25) is 11.8 Å². The van der Waals surface area contributed by atoms with E-state index in [-0.39, 0.29) is 58.1 Å². The van der Waals surface area contributed by atoms with Gasteiger partial charge in [0.15, 0.2) is 6.61 Å². The van der Waals surface area contributed by atoms with E-state index in [0.29, 0.717) is 11.4 Å². The average Bonchev–Trinajstić information content (AvgIpc) is 3.70. The van der Waals surface area contributed by atoms with Gasteiger partial charge in [-0.2, -0.15) is 0 Å². The molecule has 3 N–H and O–H groups in total. The number of ether oxygens (including phenoxy) is 1. The van der Waals surface area contributed by atoms with Gasteiger partial charge in [0.25, 0.3) is 5.91 Å². The number of amides is 3. The number of likely N-dealkylation sites (tertiary alicyclic amines) is 1. The molecule has 4 aliphatic rings. The van der Waals surface area contributed by atoms with E-state index in [4.69, 9.17) is 4.74 Å². The van der Waals surface area contributed by atoms with Crippen molar-refractivity contribution in [3.63, 3.8) is 0 Å². The second-order valence-corrected chi connectivity index (χ2v) is 14.0. The minimum absolute atomic E-state index is 0.00101. The summed E-state index contributed by atoms with van der Waals surface area (Å²) in [7, 11) is 0. The molecule has 1 saturated heterocycles. The second kappa shape index (κ2) is 10.4. The van der Waals surface area contributed by atoms with Gasteiger partial charge < -0.3 is 20.1 Å². The Morgan fingerprint density at radius 2 is 1.81 bits per heavy atom. The van der Waals surface area contributed by atoms with Crippen molar-refractivity contribution in [2.75, 3.05) is 11.9 Å². The fourth-order valence-electron chi connectivity index (χ4n) is 7.75. The SMILES string of the molecule is Cc1cccc(NC(=O)COc2ccc([C@H]3c4sc(=O)[nH]c4SC4C5CC(C6C(=O)N(C(C)C(=O)O)C(=O)C56)C43)cc2)c1. The van der Waals surface area contributed by atoms with Crippen molar-refractivity contribution in [3.8, 4) is 5.75 Å². The predicted molar refractivity (Wildman–Crippen MR) is 159 cm³/mol. The van der Waals surface area contributed by atoms with Crippen molar-refractivity contribution >= 4 is 52.5 Å². The topological polar surface area (TPSA) is 146 Å². The molecule has 2 aliphatic carbocycles. The Kier molecular flexibility index (Phi) is 6.73. The molecule has 10 nitrogen and oxygen atoms in total. The van der Waals surface area contributed by atoms with E-state index >= 15 is 0 Å². The van der Waals surface area contributed by atoms with Crippen LogP contribution in [0.5, 0.6) is 5.75 Å². The number of fused-ring (bicyclic) bond motifs is 9. The third-order valence-corrected chi connectivity index (χ3v) is 12.0. The zero-order valence-corrected chi connectivity index (χ0v) is 24.9. The lowest BCUT2D eigenvalue weighted by atomic mass is 9.68. The predicted octanol–water partition coefficient (Wildman–Crippen LogP) is 3.71. The number of carbonyl (C=O) groups is 4. The fraction of sp³-hybridized carbons (Fsp3) is 0.387. The van der Waals surface area contributed by atoms with Crippen molar-refractivity contribution in [1.82, 2.24) is 9.88 Å². The number of thiazole rings is 1. The van der Waals surface area contributed by atoms with E-state index in [2.05, 4.69) is 10.3 Å². The number of nitrogens with one attached hydrogen (secondary N) is 2. The highest BCUT2D eigenvalue weighted by Crippen LogP contribution is 2.68. The summed E-state index contributed by atoms with van der Waals surface area (Å²) >= 11 is 2.75. The first kappa shape index (κ1) is 27.9. The van der Waals surface area contributed by atoms with Gasteiger partial charge in [0.05, 0.1) is 16.9 Å². The minimum Gasteiger partial charge on any atom is -0.484 e. The van der Waals surface area contributed by atoms with Crippen molar-refractivity contribution < 1.29 is 29.0 Å². The van der Waals surface area contributed by atoms with Crippen LogP contribution in [0.3, 0.4) is 0 Å². The summed E-state index contributed by atoms with van der Waals surface area (Å²) in [6, 6.07) is 13.8. The summed E-state index contributed by atoms with van der Waals surface area (Å²) in [4.78, 5) is 68.3. The Labute approximate surface area is 254 Å². The number of carboxylic acids is 1. The largest absolute Gasteiger partial charge is 0.484 e. The maximum Gasteiger partial charge on any atom is 0.326 e. The Morgan fingerprint density at radius 1 is 1.09 bits per heavy atom. The first-order valence-electron chi connectivity index (χ1n) is 14.2. The van der Waals surface area contributed by atoms with Crippen LogP contribution in [-0.2, 0) is 19.2 Å². The van der Waals surface area contributed by atoms with Gasteiger partial charge in [0.1, 0.15) is 11.8 Å². The van der Waals surface area contributed by atoms with E-state index in [9.17, 15) is 29.1 Å². The van der Waals surface area contributed by atoms with Crippen molar-refractivity contribution in [2.24, 2.45) is 29.6 Å². The molecule has 0 radical (unpaired) electrons. The molecule has 3 aromatic rings. The molecule has 2 aromatic carbocycles. The number of benzene rings is 2. The number of aromatic amines is 1. The van der Waals surface area contributed by atoms with Crippen LogP contribution < -0.4 is 14.9 Å². The highest BCUT2D eigenvalue weighted by atomic mass is 32.2. The number of hydrogen-bond acceptors (Lipinski definition) is 8. The quantitative estimate of drug-likeness (QED) is 0.340. The summed E-state index contributed by atoms with van der Waals surface area (Å²) in [5.74, 6) is -3.16. The number of rotatable bonds is 7.